The Kier molecular flexibility index (Phi) is 5.22. The molecule has 82 valence electrons. The van der Waals surface area contributed by atoms with Crippen LogP contribution in [0.2, 0.25) is 0 Å². The molecule has 0 bridgehead atoms. The molecule has 4 heteroatoms. The Labute approximate surface area is 89.5 Å². The van der Waals surface area contributed by atoms with E-state index in [2.05, 4.69) is 9.72 Å². The number of rotatable bonds is 6. The second kappa shape index (κ2) is 6.81. The van der Waals surface area contributed by atoms with Gasteiger partial charge in [0.15, 0.2) is 0 Å². The van der Waals surface area contributed by atoms with Gasteiger partial charge in [-0.25, -0.2) is 4.79 Å². The Hall–Kier alpha value is -1.58. The standard InChI is InChI=1S/C11H16N2O2/c12-11(14)15-9-5-1-2-6-10-7-3-4-8-13-10/h3-4,7-8H,1-2,5-6,9H2,(H2,12,14). The summed E-state index contributed by atoms with van der Waals surface area (Å²) in [5, 5.41) is 0. The molecule has 1 amide bonds. The van der Waals surface area contributed by atoms with Crippen molar-refractivity contribution in [3.05, 3.63) is 30.1 Å². The molecule has 1 rings (SSSR count). The van der Waals surface area contributed by atoms with Gasteiger partial charge in [0, 0.05) is 11.9 Å². The van der Waals surface area contributed by atoms with Gasteiger partial charge in [-0.1, -0.05) is 6.07 Å². The van der Waals surface area contributed by atoms with Crippen molar-refractivity contribution < 1.29 is 9.53 Å². The molecule has 4 nitrogen and oxygen atoms in total. The first-order valence-electron chi connectivity index (χ1n) is 5.11. The van der Waals surface area contributed by atoms with E-state index in [0.717, 1.165) is 31.4 Å². The Balaban J connectivity index is 2.00. The number of carbonyl (C=O) groups is 1. The van der Waals surface area contributed by atoms with Gasteiger partial charge >= 0.3 is 6.09 Å². The van der Waals surface area contributed by atoms with E-state index in [1.807, 2.05) is 18.2 Å². The second-order valence-electron chi connectivity index (χ2n) is 3.30. The van der Waals surface area contributed by atoms with Gasteiger partial charge in [0.2, 0.25) is 0 Å². The largest absolute Gasteiger partial charge is 0.450 e. The SMILES string of the molecule is NC(=O)OCCCCCc1ccccn1. The molecule has 0 saturated heterocycles. The molecule has 0 aromatic carbocycles. The third-order valence-electron chi connectivity index (χ3n) is 2.05. The Morgan fingerprint density at radius 1 is 1.33 bits per heavy atom. The maximum absolute atomic E-state index is 10.2. The maximum Gasteiger partial charge on any atom is 0.404 e. The number of amides is 1. The molecule has 0 unspecified atom stereocenters. The maximum atomic E-state index is 10.2. The van der Waals surface area contributed by atoms with Crippen molar-refractivity contribution in [2.45, 2.75) is 25.7 Å². The fourth-order valence-corrected chi connectivity index (χ4v) is 1.30. The monoisotopic (exact) mass is 208 g/mol. The number of nitrogens with two attached hydrogens (primary N) is 1. The van der Waals surface area contributed by atoms with Crippen LogP contribution in [0.4, 0.5) is 4.79 Å². The lowest BCUT2D eigenvalue weighted by atomic mass is 10.1. The van der Waals surface area contributed by atoms with E-state index in [9.17, 15) is 4.79 Å². The quantitative estimate of drug-likeness (QED) is 0.726. The first-order valence-corrected chi connectivity index (χ1v) is 5.11. The zero-order chi connectivity index (χ0) is 10.9. The molecule has 15 heavy (non-hydrogen) atoms. The molecule has 0 saturated carbocycles. The lowest BCUT2D eigenvalue weighted by molar-refractivity contribution is 0.154. The number of primary amides is 1. The van der Waals surface area contributed by atoms with Gasteiger partial charge in [-0.3, -0.25) is 4.98 Å². The molecule has 0 fully saturated rings. The predicted octanol–water partition coefficient (Wildman–Crippen LogP) is 1.89. The summed E-state index contributed by atoms with van der Waals surface area (Å²) in [7, 11) is 0. The van der Waals surface area contributed by atoms with E-state index in [0.29, 0.717) is 6.61 Å². The van der Waals surface area contributed by atoms with Crippen LogP contribution in [0.5, 0.6) is 0 Å². The highest BCUT2D eigenvalue weighted by Gasteiger charge is 1.95. The molecule has 0 aliphatic rings. The van der Waals surface area contributed by atoms with Crippen LogP contribution in [-0.4, -0.2) is 17.7 Å². The summed E-state index contributed by atoms with van der Waals surface area (Å²) < 4.78 is 4.62. The highest BCUT2D eigenvalue weighted by molar-refractivity contribution is 5.64. The number of aryl methyl sites for hydroxylation is 1. The number of ether oxygens (including phenoxy) is 1. The average molecular weight is 208 g/mol. The Morgan fingerprint density at radius 2 is 2.20 bits per heavy atom. The first kappa shape index (κ1) is 11.5. The summed E-state index contributed by atoms with van der Waals surface area (Å²) in [6.45, 7) is 0.414. The third kappa shape index (κ3) is 5.67. The molecular weight excluding hydrogens is 192 g/mol. The number of hydrogen-bond donors (Lipinski definition) is 1. The Morgan fingerprint density at radius 3 is 2.87 bits per heavy atom. The fraction of sp³-hybridized carbons (Fsp3) is 0.455. The lowest BCUT2D eigenvalue weighted by Crippen LogP contribution is -2.13. The number of pyridine rings is 1. The van der Waals surface area contributed by atoms with Crippen molar-refractivity contribution >= 4 is 6.09 Å². The van der Waals surface area contributed by atoms with Gasteiger partial charge in [0.25, 0.3) is 0 Å². The van der Waals surface area contributed by atoms with Crippen LogP contribution < -0.4 is 5.73 Å². The van der Waals surface area contributed by atoms with Crippen LogP contribution in [0, 0.1) is 0 Å². The minimum Gasteiger partial charge on any atom is -0.450 e. The average Bonchev–Trinajstić information content (AvgIpc) is 2.24. The molecule has 0 aliphatic carbocycles. The van der Waals surface area contributed by atoms with Gasteiger partial charge in [-0.15, -0.1) is 0 Å². The topological polar surface area (TPSA) is 65.2 Å². The molecule has 0 aliphatic heterocycles. The van der Waals surface area contributed by atoms with Crippen LogP contribution >= 0.6 is 0 Å². The number of unbranched alkanes of at least 4 members (excludes halogenated alkanes) is 2. The second-order valence-corrected chi connectivity index (χ2v) is 3.30. The van der Waals surface area contributed by atoms with Crippen LogP contribution in [0.25, 0.3) is 0 Å². The molecule has 2 N–H and O–H groups in total. The molecule has 1 aromatic heterocycles. The van der Waals surface area contributed by atoms with Crippen molar-refractivity contribution in [3.63, 3.8) is 0 Å². The van der Waals surface area contributed by atoms with Crippen molar-refractivity contribution in [1.29, 1.82) is 0 Å². The summed E-state index contributed by atoms with van der Waals surface area (Å²) in [5.74, 6) is 0. The number of carbonyl (C=O) groups excluding carboxylic acids is 1. The van der Waals surface area contributed by atoms with Gasteiger partial charge < -0.3 is 10.5 Å². The fourth-order valence-electron chi connectivity index (χ4n) is 1.30. The van der Waals surface area contributed by atoms with Crippen LogP contribution in [0.3, 0.4) is 0 Å². The van der Waals surface area contributed by atoms with E-state index in [1.165, 1.54) is 0 Å². The summed E-state index contributed by atoms with van der Waals surface area (Å²) in [6, 6.07) is 5.91. The van der Waals surface area contributed by atoms with E-state index in [4.69, 9.17) is 5.73 Å². The van der Waals surface area contributed by atoms with Crippen molar-refractivity contribution in [3.8, 4) is 0 Å². The predicted molar refractivity (Wildman–Crippen MR) is 57.3 cm³/mol. The van der Waals surface area contributed by atoms with Crippen molar-refractivity contribution in [2.24, 2.45) is 5.73 Å². The minimum atomic E-state index is -0.695. The summed E-state index contributed by atoms with van der Waals surface area (Å²) in [6.07, 6.45) is 5.00. The molecule has 1 aromatic rings. The third-order valence-corrected chi connectivity index (χ3v) is 2.05. The highest BCUT2D eigenvalue weighted by Crippen LogP contribution is 2.03. The molecular formula is C11H16N2O2. The Bertz CT molecular complexity index is 288. The highest BCUT2D eigenvalue weighted by atomic mass is 16.5. The number of hydrogen-bond acceptors (Lipinski definition) is 3. The van der Waals surface area contributed by atoms with Gasteiger partial charge in [-0.05, 0) is 37.8 Å². The summed E-state index contributed by atoms with van der Waals surface area (Å²) in [4.78, 5) is 14.5. The molecule has 0 spiro atoms. The smallest absolute Gasteiger partial charge is 0.404 e. The number of aromatic nitrogens is 1. The molecule has 0 radical (unpaired) electrons. The van der Waals surface area contributed by atoms with Crippen LogP contribution in [0.15, 0.2) is 24.4 Å². The summed E-state index contributed by atoms with van der Waals surface area (Å²) >= 11 is 0. The van der Waals surface area contributed by atoms with E-state index in [-0.39, 0.29) is 0 Å². The van der Waals surface area contributed by atoms with Gasteiger partial charge in [0.1, 0.15) is 0 Å². The zero-order valence-corrected chi connectivity index (χ0v) is 8.69. The van der Waals surface area contributed by atoms with E-state index >= 15 is 0 Å². The van der Waals surface area contributed by atoms with E-state index < -0.39 is 6.09 Å². The molecule has 0 atom stereocenters. The first-order chi connectivity index (χ1) is 7.29. The van der Waals surface area contributed by atoms with Crippen LogP contribution in [0.1, 0.15) is 25.0 Å². The number of nitrogens with zero attached hydrogens (tertiary/aromatic N) is 1. The van der Waals surface area contributed by atoms with Crippen molar-refractivity contribution in [1.82, 2.24) is 4.98 Å². The normalized spacial score (nSPS) is 9.87. The van der Waals surface area contributed by atoms with Gasteiger partial charge in [0.05, 0.1) is 6.61 Å². The summed E-state index contributed by atoms with van der Waals surface area (Å²) in [5.41, 5.74) is 5.93. The van der Waals surface area contributed by atoms with E-state index in [1.54, 1.807) is 6.20 Å². The zero-order valence-electron chi connectivity index (χ0n) is 8.69. The minimum absolute atomic E-state index is 0.414. The van der Waals surface area contributed by atoms with Gasteiger partial charge in [-0.2, -0.15) is 0 Å². The van der Waals surface area contributed by atoms with Crippen molar-refractivity contribution in [2.75, 3.05) is 6.61 Å². The van der Waals surface area contributed by atoms with Crippen LogP contribution in [-0.2, 0) is 11.2 Å². The molecule has 1 heterocycles. The lowest BCUT2D eigenvalue weighted by Gasteiger charge is -2.01.